The van der Waals surface area contributed by atoms with Gasteiger partial charge in [0.05, 0.1) is 36.9 Å². The minimum Gasteiger partial charge on any atom is -0.504 e. The Morgan fingerprint density at radius 1 is 0.738 bits per heavy atom. The third kappa shape index (κ3) is 20.0. The zero-order valence-electron chi connectivity index (χ0n) is 45.4. The minimum atomic E-state index is -5.13. The number of phenols is 1. The summed E-state index contributed by atoms with van der Waals surface area (Å²) in [6, 6.07) is -9.28. The highest BCUT2D eigenvalue weighted by molar-refractivity contribution is 7.81. The van der Waals surface area contributed by atoms with Crippen LogP contribution < -0.4 is 36.5 Å². The maximum absolute atomic E-state index is 14.6. The lowest BCUT2D eigenvalue weighted by atomic mass is 9.98. The molecule has 14 unspecified atom stereocenters. The third-order valence-corrected chi connectivity index (χ3v) is 14.9. The van der Waals surface area contributed by atoms with Crippen molar-refractivity contribution in [2.45, 2.75) is 215 Å². The first-order chi connectivity index (χ1) is 37.6. The normalized spacial score (nSPS) is 27.8. The summed E-state index contributed by atoms with van der Waals surface area (Å²) in [4.78, 5) is 113. The summed E-state index contributed by atoms with van der Waals surface area (Å²) in [6.45, 7) is 3.57. The van der Waals surface area contributed by atoms with Gasteiger partial charge >= 0.3 is 10.4 Å². The largest absolute Gasteiger partial charge is 0.504 e. The molecule has 14 atom stereocenters. The van der Waals surface area contributed by atoms with Gasteiger partial charge in [-0.2, -0.15) is 8.42 Å². The van der Waals surface area contributed by atoms with Crippen molar-refractivity contribution < 1.29 is 96.4 Å². The Labute approximate surface area is 464 Å². The fourth-order valence-electron chi connectivity index (χ4n) is 10.1. The highest BCUT2D eigenvalue weighted by Gasteiger charge is 2.50. The van der Waals surface area contributed by atoms with Gasteiger partial charge in [-0.3, -0.25) is 42.9 Å². The van der Waals surface area contributed by atoms with E-state index in [1.165, 1.54) is 45.4 Å². The van der Waals surface area contributed by atoms with Crippen LogP contribution in [0.1, 0.15) is 135 Å². The zero-order chi connectivity index (χ0) is 59.6. The number of nitrogens with two attached hydrogens (primary N) is 1. The number of hydrogen-bond acceptors (Lipinski definition) is 19. The molecule has 80 heavy (non-hydrogen) atoms. The topological polar surface area (TPSA) is 455 Å². The molecule has 0 bridgehead atoms. The molecule has 3 saturated heterocycles. The van der Waals surface area contributed by atoms with Gasteiger partial charge in [0.2, 0.25) is 47.3 Å². The predicted molar refractivity (Wildman–Crippen MR) is 281 cm³/mol. The molecule has 0 saturated carbocycles. The highest BCUT2D eigenvalue weighted by atomic mass is 32.3. The molecule has 0 aromatic heterocycles. The van der Waals surface area contributed by atoms with E-state index in [1.807, 2.05) is 0 Å². The van der Waals surface area contributed by atoms with Crippen LogP contribution in [-0.4, -0.2) is 203 Å². The van der Waals surface area contributed by atoms with Crippen molar-refractivity contribution in [3.05, 3.63) is 23.8 Å². The molecule has 29 heteroatoms. The summed E-state index contributed by atoms with van der Waals surface area (Å²) in [7, 11) is -5.13. The number of aliphatic hydroxyl groups excluding tert-OH is 7. The lowest BCUT2D eigenvalue weighted by molar-refractivity contribution is -0.148. The summed E-state index contributed by atoms with van der Waals surface area (Å²) in [5.41, 5.74) is 5.25. The molecule has 3 fully saturated rings. The maximum Gasteiger partial charge on any atom is 0.446 e. The maximum atomic E-state index is 14.6. The second-order valence-corrected chi connectivity index (χ2v) is 22.2. The van der Waals surface area contributed by atoms with Crippen LogP contribution >= 0.6 is 0 Å². The van der Waals surface area contributed by atoms with E-state index in [-0.39, 0.29) is 12.0 Å². The quantitative estimate of drug-likeness (QED) is 0.0360. The number of primary amides is 1. The summed E-state index contributed by atoms with van der Waals surface area (Å²) in [5.74, 6) is -12.4. The lowest BCUT2D eigenvalue weighted by Crippen LogP contribution is -2.64. The van der Waals surface area contributed by atoms with Crippen molar-refractivity contribution in [1.29, 1.82) is 0 Å². The molecule has 0 aliphatic carbocycles. The van der Waals surface area contributed by atoms with E-state index in [2.05, 4.69) is 37.7 Å². The number of nitrogens with one attached hydrogen (secondary N) is 5. The molecule has 0 radical (unpaired) electrons. The van der Waals surface area contributed by atoms with Crippen molar-refractivity contribution in [2.75, 3.05) is 13.1 Å². The standard InChI is InChI=1S/C51H82N8O20S/c1-4-5-6-7-8-9-10-11-12-13-14-15-16-17-39(67)53-31-23-36(65)47(71)57-49(73)43-44(68)27(2)25-59(43)51(75)42(35(64)24-38(52)66)56-48(72)41(34(63)21-29-18-19-37(33(62)20-29)79-80(76,77)78)55-46(70)32-22-30(61)26-58(32)50(74)40(28(3)60)54-45(31)69/h18-20,27-28,30-32,34-36,40-44,47,60-65,68,71H,4-17,21-26H2,1-3H3,(H2,52,66)(H,53,67)(H,54,69)(H,55,70)(H,56,72)(H,57,73)(H,76,77,78). The monoisotopic (exact) mass is 1160 g/mol. The minimum absolute atomic E-state index is 0.0945. The van der Waals surface area contributed by atoms with Gasteiger partial charge < -0.3 is 87.2 Å². The summed E-state index contributed by atoms with van der Waals surface area (Å²) in [5, 5.41) is 100. The molecular formula is C51H82N8O20S. The number of amides is 8. The first-order valence-electron chi connectivity index (χ1n) is 27.3. The second kappa shape index (κ2) is 31.4. The van der Waals surface area contributed by atoms with E-state index in [0.29, 0.717) is 17.7 Å². The van der Waals surface area contributed by atoms with Gasteiger partial charge in [-0.1, -0.05) is 97.0 Å². The fraction of sp³-hybridized carbons (Fsp3) is 0.725. The molecule has 16 N–H and O–H groups in total. The van der Waals surface area contributed by atoms with Crippen LogP contribution in [0.5, 0.6) is 11.5 Å². The Bertz CT molecular complexity index is 2400. The number of aromatic hydroxyl groups is 1. The Hall–Kier alpha value is -5.79. The first kappa shape index (κ1) is 66.7. The number of phenolic OH excluding ortho intramolecular Hbond substituents is 1. The Morgan fingerprint density at radius 2 is 1.30 bits per heavy atom. The van der Waals surface area contributed by atoms with Crippen molar-refractivity contribution in [3.8, 4) is 11.5 Å². The van der Waals surface area contributed by atoms with Gasteiger partial charge in [-0.05, 0) is 31.0 Å². The second-order valence-electron chi connectivity index (χ2n) is 21.2. The number of unbranched alkanes of at least 4 members (excludes halogenated alkanes) is 12. The number of fused-ring (bicyclic) bond motifs is 2. The smallest absolute Gasteiger partial charge is 0.446 e. The number of carbonyl (C=O) groups is 8. The predicted octanol–water partition coefficient (Wildman–Crippen LogP) is -3.12. The van der Waals surface area contributed by atoms with E-state index in [4.69, 9.17) is 10.3 Å². The zero-order valence-corrected chi connectivity index (χ0v) is 46.2. The van der Waals surface area contributed by atoms with Crippen LogP contribution in [0.3, 0.4) is 0 Å². The first-order valence-corrected chi connectivity index (χ1v) is 28.7. The Kier molecular flexibility index (Phi) is 26.2. The number of rotatable bonds is 24. The average molecular weight is 1160 g/mol. The molecule has 4 rings (SSSR count). The van der Waals surface area contributed by atoms with E-state index in [1.54, 1.807) is 0 Å². The Morgan fingerprint density at radius 3 is 1.86 bits per heavy atom. The summed E-state index contributed by atoms with van der Waals surface area (Å²) < 4.78 is 36.0. The van der Waals surface area contributed by atoms with Gasteiger partial charge in [0.15, 0.2) is 17.7 Å². The average Bonchev–Trinajstić information content (AvgIpc) is 4.06. The third-order valence-electron chi connectivity index (χ3n) is 14.5. The molecule has 8 amide bonds. The van der Waals surface area contributed by atoms with Crippen molar-refractivity contribution >= 4 is 57.7 Å². The Balaban J connectivity index is 1.71. The molecule has 452 valence electrons. The van der Waals surface area contributed by atoms with Gasteiger partial charge in [0.1, 0.15) is 42.4 Å². The van der Waals surface area contributed by atoms with Gasteiger partial charge in [-0.25, -0.2) is 0 Å². The summed E-state index contributed by atoms with van der Waals surface area (Å²) in [6.07, 6.45) is -3.61. The van der Waals surface area contributed by atoms with Crippen LogP contribution in [0.25, 0.3) is 0 Å². The SMILES string of the molecule is CCCCCCCCCCCCCCCC(=O)NC1CC(O)C(O)NC(=O)C2C(O)C(C)CN2C(=O)C(C(O)CC(N)=O)NC(=O)C(C(O)Cc2ccc(OS(=O)(=O)O)c(O)c2)NC(=O)C2CC(O)CN2C(=O)C(C(C)O)NC1=O. The molecule has 3 aliphatic rings. The van der Waals surface area contributed by atoms with Crippen LogP contribution in [0.15, 0.2) is 18.2 Å². The van der Waals surface area contributed by atoms with Gasteiger partial charge in [0, 0.05) is 44.7 Å². The number of nitrogens with zero attached hydrogens (tertiary/aromatic N) is 2. The van der Waals surface area contributed by atoms with Crippen LogP contribution in [0, 0.1) is 5.92 Å². The van der Waals surface area contributed by atoms with Crippen molar-refractivity contribution in [1.82, 2.24) is 36.4 Å². The molecular weight excluding hydrogens is 1080 g/mol. The fourth-order valence-corrected chi connectivity index (χ4v) is 10.4. The van der Waals surface area contributed by atoms with Crippen LogP contribution in [0.4, 0.5) is 0 Å². The summed E-state index contributed by atoms with van der Waals surface area (Å²) >= 11 is 0. The van der Waals surface area contributed by atoms with Gasteiger partial charge in [0.25, 0.3) is 0 Å². The van der Waals surface area contributed by atoms with E-state index in [9.17, 15) is 87.6 Å². The molecule has 28 nitrogen and oxygen atoms in total. The lowest BCUT2D eigenvalue weighted by Gasteiger charge is -2.34. The molecule has 3 aliphatic heterocycles. The highest BCUT2D eigenvalue weighted by Crippen LogP contribution is 2.30. The van der Waals surface area contributed by atoms with Crippen molar-refractivity contribution in [3.63, 3.8) is 0 Å². The number of hydrogen-bond donors (Lipinski definition) is 15. The van der Waals surface area contributed by atoms with E-state index < -0.39 is 193 Å². The molecule has 3 heterocycles. The van der Waals surface area contributed by atoms with Crippen LogP contribution in [0.2, 0.25) is 0 Å². The van der Waals surface area contributed by atoms with Crippen molar-refractivity contribution in [2.24, 2.45) is 11.7 Å². The molecule has 0 spiro atoms. The number of benzene rings is 1. The molecule has 1 aromatic rings. The van der Waals surface area contributed by atoms with Gasteiger partial charge in [-0.15, -0.1) is 0 Å². The number of aliphatic hydroxyl groups is 7. The number of carbonyl (C=O) groups excluding carboxylic acids is 8. The van der Waals surface area contributed by atoms with E-state index in [0.717, 1.165) is 62.1 Å². The molecule has 1 aromatic carbocycles. The van der Waals surface area contributed by atoms with E-state index >= 15 is 0 Å². The van der Waals surface area contributed by atoms with Crippen LogP contribution in [-0.2, 0) is 55.2 Å².